The molecule has 1 aliphatic carbocycles. The molecule has 1 unspecified atom stereocenters. The largest absolute Gasteiger partial charge is 0.508 e. The van der Waals surface area contributed by atoms with Crippen LogP contribution >= 0.6 is 0 Å². The Labute approximate surface area is 122 Å². The van der Waals surface area contributed by atoms with Gasteiger partial charge in [-0.1, -0.05) is 6.07 Å². The molecule has 0 radical (unpaired) electrons. The molecule has 1 fully saturated rings. The fourth-order valence-corrected chi connectivity index (χ4v) is 3.85. The van der Waals surface area contributed by atoms with Crippen molar-refractivity contribution in [3.63, 3.8) is 0 Å². The van der Waals surface area contributed by atoms with Gasteiger partial charge in [-0.15, -0.1) is 0 Å². The SMILES string of the molecule is CN1CCC(N(C)C2CCCc3cc(O)ccc32)CC1. The Bertz CT molecular complexity index is 466. The number of hydrogen-bond donors (Lipinski definition) is 1. The molecule has 20 heavy (non-hydrogen) atoms. The lowest BCUT2D eigenvalue weighted by Crippen LogP contribution is -2.44. The number of likely N-dealkylation sites (tertiary alicyclic amines) is 1. The molecule has 1 saturated heterocycles. The van der Waals surface area contributed by atoms with Gasteiger partial charge in [-0.05, 0) is 82.5 Å². The molecule has 0 spiro atoms. The van der Waals surface area contributed by atoms with E-state index in [0.29, 0.717) is 17.8 Å². The van der Waals surface area contributed by atoms with Crippen molar-refractivity contribution in [2.45, 2.75) is 44.2 Å². The predicted octanol–water partition coefficient (Wildman–Crippen LogP) is 2.80. The van der Waals surface area contributed by atoms with Gasteiger partial charge < -0.3 is 10.0 Å². The van der Waals surface area contributed by atoms with E-state index in [1.54, 1.807) is 0 Å². The van der Waals surface area contributed by atoms with Crippen molar-refractivity contribution >= 4 is 0 Å². The molecule has 0 amide bonds. The van der Waals surface area contributed by atoms with Crippen LogP contribution in [-0.4, -0.2) is 48.1 Å². The third-order valence-electron chi connectivity index (χ3n) is 5.16. The van der Waals surface area contributed by atoms with E-state index < -0.39 is 0 Å². The summed E-state index contributed by atoms with van der Waals surface area (Å²) in [5.41, 5.74) is 2.79. The number of benzene rings is 1. The third-order valence-corrected chi connectivity index (χ3v) is 5.16. The summed E-state index contributed by atoms with van der Waals surface area (Å²) in [6.45, 7) is 2.42. The van der Waals surface area contributed by atoms with Gasteiger partial charge in [0, 0.05) is 12.1 Å². The van der Waals surface area contributed by atoms with Crippen molar-refractivity contribution in [1.29, 1.82) is 0 Å². The van der Waals surface area contributed by atoms with Crippen LogP contribution in [0.15, 0.2) is 18.2 Å². The van der Waals surface area contributed by atoms with Crippen molar-refractivity contribution in [2.24, 2.45) is 0 Å². The maximum Gasteiger partial charge on any atom is 0.115 e. The molecule has 3 nitrogen and oxygen atoms in total. The number of nitrogens with zero attached hydrogens (tertiary/aromatic N) is 2. The zero-order valence-corrected chi connectivity index (χ0v) is 12.7. The van der Waals surface area contributed by atoms with Crippen LogP contribution in [0.1, 0.15) is 42.9 Å². The first-order valence-corrected chi connectivity index (χ1v) is 7.87. The molecule has 0 saturated carbocycles. The fourth-order valence-electron chi connectivity index (χ4n) is 3.85. The summed E-state index contributed by atoms with van der Waals surface area (Å²) in [7, 11) is 4.51. The first-order valence-electron chi connectivity index (χ1n) is 7.87. The molecule has 3 heteroatoms. The molecule has 1 aliphatic heterocycles. The lowest BCUT2D eigenvalue weighted by molar-refractivity contribution is 0.0983. The number of piperidine rings is 1. The Hall–Kier alpha value is -1.06. The number of aryl methyl sites for hydroxylation is 1. The van der Waals surface area contributed by atoms with Gasteiger partial charge in [0.25, 0.3) is 0 Å². The fraction of sp³-hybridized carbons (Fsp3) is 0.647. The highest BCUT2D eigenvalue weighted by molar-refractivity contribution is 5.38. The summed E-state index contributed by atoms with van der Waals surface area (Å²) in [4.78, 5) is 5.03. The molecule has 3 rings (SSSR count). The molecule has 1 atom stereocenters. The van der Waals surface area contributed by atoms with Crippen molar-refractivity contribution < 1.29 is 5.11 Å². The topological polar surface area (TPSA) is 26.7 Å². The standard InChI is InChI=1S/C17H26N2O/c1-18-10-8-14(9-11-18)19(2)17-5-3-4-13-12-15(20)6-7-16(13)17/h6-7,12,14,17,20H,3-5,8-11H2,1-2H3. The van der Waals surface area contributed by atoms with E-state index in [2.05, 4.69) is 30.0 Å². The second kappa shape index (κ2) is 5.74. The molecule has 1 heterocycles. The van der Waals surface area contributed by atoms with E-state index in [1.807, 2.05) is 12.1 Å². The van der Waals surface area contributed by atoms with Gasteiger partial charge in [-0.25, -0.2) is 0 Å². The summed E-state index contributed by atoms with van der Waals surface area (Å²) < 4.78 is 0. The molecule has 2 aliphatic rings. The smallest absolute Gasteiger partial charge is 0.115 e. The number of phenolic OH excluding ortho intramolecular Hbond substituents is 1. The number of fused-ring (bicyclic) bond motifs is 1. The minimum atomic E-state index is 0.409. The Kier molecular flexibility index (Phi) is 3.99. The molecule has 1 aromatic rings. The first-order chi connectivity index (χ1) is 9.65. The minimum absolute atomic E-state index is 0.409. The van der Waals surface area contributed by atoms with Crippen LogP contribution in [-0.2, 0) is 6.42 Å². The number of phenols is 1. The summed E-state index contributed by atoms with van der Waals surface area (Å²) in [6, 6.07) is 7.19. The molecule has 1 aromatic carbocycles. The van der Waals surface area contributed by atoms with Crippen LogP contribution in [0.2, 0.25) is 0 Å². The maximum absolute atomic E-state index is 9.67. The summed E-state index contributed by atoms with van der Waals surface area (Å²) >= 11 is 0. The second-order valence-corrected chi connectivity index (χ2v) is 6.49. The Balaban J connectivity index is 1.78. The zero-order chi connectivity index (χ0) is 14.1. The van der Waals surface area contributed by atoms with E-state index in [0.717, 1.165) is 6.42 Å². The van der Waals surface area contributed by atoms with Crippen molar-refractivity contribution in [1.82, 2.24) is 9.80 Å². The average Bonchev–Trinajstić information content (AvgIpc) is 2.46. The quantitative estimate of drug-likeness (QED) is 0.898. The van der Waals surface area contributed by atoms with Crippen LogP contribution in [0, 0.1) is 0 Å². The van der Waals surface area contributed by atoms with Crippen molar-refractivity contribution in [3.8, 4) is 5.75 Å². The first kappa shape index (κ1) is 13.9. The van der Waals surface area contributed by atoms with Gasteiger partial charge >= 0.3 is 0 Å². The highest BCUT2D eigenvalue weighted by Gasteiger charge is 2.29. The number of hydrogen-bond acceptors (Lipinski definition) is 3. The molecular formula is C17H26N2O. The van der Waals surface area contributed by atoms with Gasteiger partial charge in [0.2, 0.25) is 0 Å². The van der Waals surface area contributed by atoms with E-state index in [9.17, 15) is 5.11 Å². The highest BCUT2D eigenvalue weighted by Crippen LogP contribution is 2.37. The number of rotatable bonds is 2. The molecular weight excluding hydrogens is 248 g/mol. The van der Waals surface area contributed by atoms with Crippen LogP contribution in [0.4, 0.5) is 0 Å². The second-order valence-electron chi connectivity index (χ2n) is 6.49. The summed E-state index contributed by atoms with van der Waals surface area (Å²) in [5, 5.41) is 9.67. The lowest BCUT2D eigenvalue weighted by Gasteiger charge is -2.41. The Morgan fingerprint density at radius 3 is 2.70 bits per heavy atom. The maximum atomic E-state index is 9.67. The Morgan fingerprint density at radius 2 is 1.95 bits per heavy atom. The molecule has 0 aromatic heterocycles. The number of aromatic hydroxyl groups is 1. The van der Waals surface area contributed by atoms with Crippen LogP contribution in [0.3, 0.4) is 0 Å². The van der Waals surface area contributed by atoms with Crippen molar-refractivity contribution in [3.05, 3.63) is 29.3 Å². The van der Waals surface area contributed by atoms with Crippen LogP contribution in [0.25, 0.3) is 0 Å². The van der Waals surface area contributed by atoms with Gasteiger partial charge in [-0.2, -0.15) is 0 Å². The summed E-state index contributed by atoms with van der Waals surface area (Å²) in [6.07, 6.45) is 6.15. The normalized spacial score (nSPS) is 24.9. The van der Waals surface area contributed by atoms with E-state index in [1.165, 1.54) is 49.9 Å². The predicted molar refractivity (Wildman–Crippen MR) is 82.1 cm³/mol. The van der Waals surface area contributed by atoms with Gasteiger partial charge in [0.15, 0.2) is 0 Å². The third kappa shape index (κ3) is 2.70. The molecule has 110 valence electrons. The summed E-state index contributed by atoms with van der Waals surface area (Å²) in [5.74, 6) is 0.409. The average molecular weight is 274 g/mol. The van der Waals surface area contributed by atoms with Crippen LogP contribution < -0.4 is 0 Å². The van der Waals surface area contributed by atoms with Crippen LogP contribution in [0.5, 0.6) is 5.75 Å². The van der Waals surface area contributed by atoms with Gasteiger partial charge in [0.05, 0.1) is 0 Å². The Morgan fingerprint density at radius 1 is 1.20 bits per heavy atom. The van der Waals surface area contributed by atoms with Gasteiger partial charge in [0.1, 0.15) is 5.75 Å². The van der Waals surface area contributed by atoms with Crippen molar-refractivity contribution in [2.75, 3.05) is 27.2 Å². The highest BCUT2D eigenvalue weighted by atomic mass is 16.3. The lowest BCUT2D eigenvalue weighted by atomic mass is 9.85. The minimum Gasteiger partial charge on any atom is -0.508 e. The zero-order valence-electron chi connectivity index (χ0n) is 12.7. The van der Waals surface area contributed by atoms with E-state index in [-0.39, 0.29) is 0 Å². The van der Waals surface area contributed by atoms with Gasteiger partial charge in [-0.3, -0.25) is 4.90 Å². The van der Waals surface area contributed by atoms with E-state index in [4.69, 9.17) is 0 Å². The molecule has 1 N–H and O–H groups in total. The molecule has 0 bridgehead atoms. The monoisotopic (exact) mass is 274 g/mol. The van der Waals surface area contributed by atoms with E-state index >= 15 is 0 Å².